The van der Waals surface area contributed by atoms with Crippen molar-refractivity contribution in [2.24, 2.45) is 5.73 Å². The normalized spacial score (nSPS) is 10.3. The zero-order valence-electron chi connectivity index (χ0n) is 9.44. The van der Waals surface area contributed by atoms with Crippen LogP contribution in [0.25, 0.3) is 11.1 Å². The summed E-state index contributed by atoms with van der Waals surface area (Å²) in [6, 6.07) is 8.60. The molecule has 0 heterocycles. The van der Waals surface area contributed by atoms with Crippen molar-refractivity contribution in [1.29, 1.82) is 5.41 Å². The molecule has 0 atom stereocenters. The fourth-order valence-corrected chi connectivity index (χ4v) is 1.73. The first-order chi connectivity index (χ1) is 8.47. The van der Waals surface area contributed by atoms with Crippen molar-refractivity contribution >= 4 is 11.5 Å². The number of phenolic OH excluding ortho intramolecular Hbond substituents is 1. The topological polar surface area (TPSA) is 96.1 Å². The number of benzene rings is 2. The van der Waals surface area contributed by atoms with Crippen molar-refractivity contribution in [2.45, 2.75) is 0 Å². The largest absolute Gasteiger partial charge is 0.508 e. The highest BCUT2D eigenvalue weighted by atomic mass is 19.1. The van der Waals surface area contributed by atoms with E-state index in [1.807, 2.05) is 0 Å². The number of rotatable bonds is 2. The molecular formula is C13H12FN3O. The molecule has 2 rings (SSSR count). The first-order valence-corrected chi connectivity index (χ1v) is 5.21. The molecule has 0 aliphatic rings. The van der Waals surface area contributed by atoms with E-state index in [4.69, 9.17) is 16.9 Å². The number of nitrogens with one attached hydrogen (secondary N) is 1. The second kappa shape index (κ2) is 4.37. The number of hydrogen-bond acceptors (Lipinski definition) is 3. The van der Waals surface area contributed by atoms with Crippen molar-refractivity contribution in [3.8, 4) is 16.9 Å². The van der Waals surface area contributed by atoms with Gasteiger partial charge in [0.15, 0.2) is 0 Å². The van der Waals surface area contributed by atoms with Gasteiger partial charge in [0.05, 0.1) is 0 Å². The van der Waals surface area contributed by atoms with Gasteiger partial charge in [0.2, 0.25) is 0 Å². The number of nitrogen functional groups attached to an aromatic ring is 2. The number of hydrogen-bond donors (Lipinski definition) is 4. The summed E-state index contributed by atoms with van der Waals surface area (Å²) < 4.78 is 13.2. The van der Waals surface area contributed by atoms with Gasteiger partial charge in [-0.25, -0.2) is 4.39 Å². The zero-order valence-corrected chi connectivity index (χ0v) is 9.44. The standard InChI is InChI=1S/C13H12FN3O/c14-9-3-8(4-10(18)6-9)7-1-2-11(13(16)17)12(15)5-7/h1-6,18H,15H2,(H3,16,17). The molecule has 0 bridgehead atoms. The van der Waals surface area contributed by atoms with Gasteiger partial charge in [0, 0.05) is 17.3 Å². The van der Waals surface area contributed by atoms with Crippen LogP contribution in [0.2, 0.25) is 0 Å². The van der Waals surface area contributed by atoms with Gasteiger partial charge in [-0.15, -0.1) is 0 Å². The van der Waals surface area contributed by atoms with Crippen molar-refractivity contribution in [2.75, 3.05) is 5.73 Å². The third kappa shape index (κ3) is 2.24. The van der Waals surface area contributed by atoms with E-state index < -0.39 is 5.82 Å². The maximum absolute atomic E-state index is 13.2. The van der Waals surface area contributed by atoms with E-state index in [-0.39, 0.29) is 11.6 Å². The second-order valence-electron chi connectivity index (χ2n) is 3.91. The molecule has 0 aliphatic heterocycles. The Bertz CT molecular complexity index is 605. The molecule has 0 radical (unpaired) electrons. The van der Waals surface area contributed by atoms with Crippen LogP contribution in [0.4, 0.5) is 10.1 Å². The smallest absolute Gasteiger partial charge is 0.127 e. The number of aromatic hydroxyl groups is 1. The van der Waals surface area contributed by atoms with Gasteiger partial charge in [-0.3, -0.25) is 5.41 Å². The van der Waals surface area contributed by atoms with E-state index in [1.54, 1.807) is 18.2 Å². The van der Waals surface area contributed by atoms with Crippen molar-refractivity contribution in [1.82, 2.24) is 0 Å². The van der Waals surface area contributed by atoms with Crippen LogP contribution in [0.1, 0.15) is 5.56 Å². The summed E-state index contributed by atoms with van der Waals surface area (Å²) in [6.45, 7) is 0. The van der Waals surface area contributed by atoms with Gasteiger partial charge in [-0.2, -0.15) is 0 Å². The minimum absolute atomic E-state index is 0.124. The molecule has 0 spiro atoms. The molecule has 0 aromatic heterocycles. The third-order valence-electron chi connectivity index (χ3n) is 2.56. The summed E-state index contributed by atoms with van der Waals surface area (Å²) in [5, 5.41) is 16.7. The Kier molecular flexibility index (Phi) is 2.89. The lowest BCUT2D eigenvalue weighted by molar-refractivity contribution is 0.469. The first kappa shape index (κ1) is 11.9. The third-order valence-corrected chi connectivity index (χ3v) is 2.56. The van der Waals surface area contributed by atoms with Crippen molar-refractivity contribution < 1.29 is 9.50 Å². The van der Waals surface area contributed by atoms with Crippen LogP contribution in [0, 0.1) is 11.2 Å². The number of nitrogens with two attached hydrogens (primary N) is 2. The molecule has 92 valence electrons. The van der Waals surface area contributed by atoms with Gasteiger partial charge >= 0.3 is 0 Å². The Morgan fingerprint density at radius 1 is 1.11 bits per heavy atom. The lowest BCUT2D eigenvalue weighted by Crippen LogP contribution is -2.13. The Labute approximate surface area is 103 Å². The summed E-state index contributed by atoms with van der Waals surface area (Å²) in [7, 11) is 0. The van der Waals surface area contributed by atoms with E-state index in [0.717, 1.165) is 6.07 Å². The van der Waals surface area contributed by atoms with Crippen LogP contribution >= 0.6 is 0 Å². The summed E-state index contributed by atoms with van der Waals surface area (Å²) in [5.41, 5.74) is 13.0. The van der Waals surface area contributed by atoms with E-state index in [0.29, 0.717) is 22.4 Å². The minimum Gasteiger partial charge on any atom is -0.508 e. The molecule has 4 nitrogen and oxygen atoms in total. The SMILES string of the molecule is N=C(N)c1ccc(-c2cc(O)cc(F)c2)cc1N. The second-order valence-corrected chi connectivity index (χ2v) is 3.91. The molecule has 0 fully saturated rings. The van der Waals surface area contributed by atoms with Crippen LogP contribution in [0.15, 0.2) is 36.4 Å². The van der Waals surface area contributed by atoms with Crippen LogP contribution in [0.3, 0.4) is 0 Å². The summed E-state index contributed by atoms with van der Waals surface area (Å²) in [5.74, 6) is -0.806. The van der Waals surface area contributed by atoms with E-state index in [2.05, 4.69) is 0 Å². The molecule has 18 heavy (non-hydrogen) atoms. The molecule has 2 aromatic carbocycles. The molecule has 0 aliphatic carbocycles. The molecule has 6 N–H and O–H groups in total. The Hall–Kier alpha value is -2.56. The Balaban J connectivity index is 2.52. The van der Waals surface area contributed by atoms with Crippen molar-refractivity contribution in [3.63, 3.8) is 0 Å². The lowest BCUT2D eigenvalue weighted by atomic mass is 10.0. The average Bonchev–Trinajstić information content (AvgIpc) is 2.26. The maximum Gasteiger partial charge on any atom is 0.127 e. The predicted molar refractivity (Wildman–Crippen MR) is 68.9 cm³/mol. The average molecular weight is 245 g/mol. The minimum atomic E-state index is -0.529. The summed E-state index contributed by atoms with van der Waals surface area (Å²) in [4.78, 5) is 0. The van der Waals surface area contributed by atoms with Gasteiger partial charge in [-0.05, 0) is 35.4 Å². The lowest BCUT2D eigenvalue weighted by Gasteiger charge is -2.08. The Morgan fingerprint density at radius 2 is 1.83 bits per heavy atom. The fraction of sp³-hybridized carbons (Fsp3) is 0. The highest BCUT2D eigenvalue weighted by Gasteiger charge is 2.07. The van der Waals surface area contributed by atoms with Crippen LogP contribution in [-0.2, 0) is 0 Å². The molecule has 0 amide bonds. The molecule has 0 saturated heterocycles. The fourth-order valence-electron chi connectivity index (χ4n) is 1.73. The molecule has 0 saturated carbocycles. The van der Waals surface area contributed by atoms with Crippen LogP contribution in [-0.4, -0.2) is 10.9 Å². The summed E-state index contributed by atoms with van der Waals surface area (Å²) >= 11 is 0. The molecule has 0 unspecified atom stereocenters. The molecule has 2 aromatic rings. The van der Waals surface area contributed by atoms with Crippen LogP contribution < -0.4 is 11.5 Å². The number of amidine groups is 1. The number of phenols is 1. The van der Waals surface area contributed by atoms with Gasteiger partial charge in [-0.1, -0.05) is 6.07 Å². The summed E-state index contributed by atoms with van der Waals surface area (Å²) in [6.07, 6.45) is 0. The van der Waals surface area contributed by atoms with E-state index in [1.165, 1.54) is 12.1 Å². The van der Waals surface area contributed by atoms with Gasteiger partial charge < -0.3 is 16.6 Å². The van der Waals surface area contributed by atoms with Gasteiger partial charge in [0.25, 0.3) is 0 Å². The maximum atomic E-state index is 13.2. The van der Waals surface area contributed by atoms with Crippen molar-refractivity contribution in [3.05, 3.63) is 47.8 Å². The monoisotopic (exact) mass is 245 g/mol. The highest BCUT2D eigenvalue weighted by molar-refractivity contribution is 6.00. The zero-order chi connectivity index (χ0) is 13.3. The first-order valence-electron chi connectivity index (χ1n) is 5.21. The Morgan fingerprint density at radius 3 is 2.39 bits per heavy atom. The van der Waals surface area contributed by atoms with Gasteiger partial charge in [0.1, 0.15) is 17.4 Å². The predicted octanol–water partition coefficient (Wildman–Crippen LogP) is 2.06. The number of halogens is 1. The van der Waals surface area contributed by atoms with Crippen LogP contribution in [0.5, 0.6) is 5.75 Å². The van der Waals surface area contributed by atoms with E-state index in [9.17, 15) is 9.50 Å². The highest BCUT2D eigenvalue weighted by Crippen LogP contribution is 2.27. The number of anilines is 1. The molecular weight excluding hydrogens is 233 g/mol. The van der Waals surface area contributed by atoms with E-state index >= 15 is 0 Å². The quantitative estimate of drug-likeness (QED) is 0.370. The molecule has 5 heteroatoms.